The third kappa shape index (κ3) is 4.85. The molecule has 0 radical (unpaired) electrons. The van der Waals surface area contributed by atoms with Gasteiger partial charge in [0.25, 0.3) is 5.91 Å². The van der Waals surface area contributed by atoms with Crippen molar-refractivity contribution in [2.75, 3.05) is 12.4 Å². The molecule has 4 rings (SSSR count). The van der Waals surface area contributed by atoms with Crippen LogP contribution in [0.4, 0.5) is 10.5 Å². The largest absolute Gasteiger partial charge is 0.495 e. The Labute approximate surface area is 193 Å². The van der Waals surface area contributed by atoms with Crippen molar-refractivity contribution in [3.63, 3.8) is 0 Å². The monoisotopic (exact) mass is 444 g/mol. The molecule has 1 aliphatic heterocycles. The number of amides is 2. The molecule has 170 valence electrons. The van der Waals surface area contributed by atoms with Gasteiger partial charge in [0.2, 0.25) is 0 Å². The average Bonchev–Trinajstić information content (AvgIpc) is 3.17. The Morgan fingerprint density at radius 3 is 2.42 bits per heavy atom. The Kier molecular flexibility index (Phi) is 6.09. The summed E-state index contributed by atoms with van der Waals surface area (Å²) in [4.78, 5) is 26.9. The number of methoxy groups -OCH3 is 1. The molecule has 1 N–H and O–H groups in total. The van der Waals surface area contributed by atoms with Crippen LogP contribution >= 0.6 is 0 Å². The highest BCUT2D eigenvalue weighted by atomic mass is 16.6. The quantitative estimate of drug-likeness (QED) is 0.546. The second kappa shape index (κ2) is 8.98. The van der Waals surface area contributed by atoms with Gasteiger partial charge in [0.1, 0.15) is 11.4 Å². The Hall–Kier alpha value is -3.80. The van der Waals surface area contributed by atoms with Crippen molar-refractivity contribution >= 4 is 28.5 Å². The number of fused-ring (bicyclic) bond motifs is 1. The first kappa shape index (κ1) is 22.4. The lowest BCUT2D eigenvalue weighted by atomic mass is 9.96. The van der Waals surface area contributed by atoms with Gasteiger partial charge in [-0.1, -0.05) is 54.6 Å². The molecule has 1 heterocycles. The summed E-state index contributed by atoms with van der Waals surface area (Å²) in [5.74, 6) is 0.266. The number of benzene rings is 3. The van der Waals surface area contributed by atoms with Gasteiger partial charge in [-0.25, -0.2) is 9.69 Å². The Morgan fingerprint density at radius 2 is 1.70 bits per heavy atom. The molecule has 3 aromatic carbocycles. The number of carbonyl (C=O) groups is 2. The highest BCUT2D eigenvalue weighted by Crippen LogP contribution is 2.35. The topological polar surface area (TPSA) is 67.9 Å². The zero-order valence-electron chi connectivity index (χ0n) is 19.2. The van der Waals surface area contributed by atoms with Crippen molar-refractivity contribution in [3.05, 3.63) is 84.4 Å². The van der Waals surface area contributed by atoms with Crippen molar-refractivity contribution < 1.29 is 19.1 Å². The number of carbonyl (C=O) groups excluding carboxylic acids is 2. The van der Waals surface area contributed by atoms with Gasteiger partial charge in [0, 0.05) is 6.08 Å². The molecule has 3 aromatic rings. The third-order valence-corrected chi connectivity index (χ3v) is 5.45. The number of ether oxygens (including phenoxy) is 2. The number of nitrogens with one attached hydrogen (secondary N) is 1. The first-order chi connectivity index (χ1) is 15.8. The van der Waals surface area contributed by atoms with Gasteiger partial charge in [-0.15, -0.1) is 0 Å². The molecule has 6 heteroatoms. The Morgan fingerprint density at radius 1 is 1.00 bits per heavy atom. The second-order valence-corrected chi connectivity index (χ2v) is 8.97. The minimum absolute atomic E-state index is 0.401. The van der Waals surface area contributed by atoms with E-state index >= 15 is 0 Å². The molecule has 0 fully saturated rings. The number of anilines is 1. The van der Waals surface area contributed by atoms with E-state index in [0.717, 1.165) is 22.0 Å². The minimum Gasteiger partial charge on any atom is -0.495 e. The van der Waals surface area contributed by atoms with Gasteiger partial charge in [0.05, 0.1) is 24.9 Å². The molecule has 0 unspecified atom stereocenters. The number of imide groups is 1. The summed E-state index contributed by atoms with van der Waals surface area (Å²) >= 11 is 0. The lowest BCUT2D eigenvalue weighted by Gasteiger charge is -2.33. The van der Waals surface area contributed by atoms with Crippen molar-refractivity contribution in [3.8, 4) is 5.75 Å². The predicted octanol–water partition coefficient (Wildman–Crippen LogP) is 5.70. The molecule has 6 nitrogen and oxygen atoms in total. The highest BCUT2D eigenvalue weighted by Gasteiger charge is 2.40. The van der Waals surface area contributed by atoms with E-state index in [1.165, 1.54) is 11.0 Å². The first-order valence-corrected chi connectivity index (χ1v) is 10.9. The molecule has 2 amide bonds. The number of rotatable bonds is 5. The molecule has 0 bridgehead atoms. The summed E-state index contributed by atoms with van der Waals surface area (Å²) in [5.41, 5.74) is 0.964. The second-order valence-electron chi connectivity index (χ2n) is 8.97. The van der Waals surface area contributed by atoms with Crippen molar-refractivity contribution in [1.82, 2.24) is 4.90 Å². The summed E-state index contributed by atoms with van der Waals surface area (Å²) in [5, 5.41) is 5.69. The van der Waals surface area contributed by atoms with Crippen molar-refractivity contribution in [2.45, 2.75) is 38.5 Å². The van der Waals surface area contributed by atoms with Crippen LogP contribution in [0.1, 0.15) is 32.4 Å². The third-order valence-electron chi connectivity index (χ3n) is 5.45. The van der Waals surface area contributed by atoms with E-state index in [9.17, 15) is 9.59 Å². The Bertz CT molecular complexity index is 1210. The number of hydrogen-bond acceptors (Lipinski definition) is 5. The average molecular weight is 445 g/mol. The van der Waals surface area contributed by atoms with E-state index in [1.54, 1.807) is 34.0 Å². The standard InChI is InChI=1S/C27H28N2O4/c1-27(2,3)33-26(31)29-22(15-16-24(29)30)25(28-21-11-7-8-12-23(21)32-4)20-14-13-18-9-5-6-10-19(18)17-20/h5-17,22,25,28H,1-4H3/t22-,25+/m1/s1. The fourth-order valence-electron chi connectivity index (χ4n) is 3.98. The van der Waals surface area contributed by atoms with Gasteiger partial charge in [0.15, 0.2) is 0 Å². The summed E-state index contributed by atoms with van der Waals surface area (Å²) in [6.45, 7) is 5.34. The molecule has 0 spiro atoms. The van der Waals surface area contributed by atoms with Crippen LogP contribution in [0.3, 0.4) is 0 Å². The van der Waals surface area contributed by atoms with E-state index in [-0.39, 0.29) is 0 Å². The number of nitrogens with zero attached hydrogens (tertiary/aromatic N) is 1. The lowest BCUT2D eigenvalue weighted by molar-refractivity contribution is -0.125. The zero-order valence-corrected chi connectivity index (χ0v) is 19.2. The van der Waals surface area contributed by atoms with Gasteiger partial charge >= 0.3 is 6.09 Å². The molecule has 1 aliphatic rings. The van der Waals surface area contributed by atoms with Crippen molar-refractivity contribution in [1.29, 1.82) is 0 Å². The summed E-state index contributed by atoms with van der Waals surface area (Å²) in [6, 6.07) is 20.8. The maximum atomic E-state index is 13.0. The molecule has 0 aliphatic carbocycles. The lowest BCUT2D eigenvalue weighted by Crippen LogP contribution is -2.46. The van der Waals surface area contributed by atoms with Crippen LogP contribution in [0.2, 0.25) is 0 Å². The molecular formula is C27H28N2O4. The molecule has 33 heavy (non-hydrogen) atoms. The molecule has 2 atom stereocenters. The van der Waals surface area contributed by atoms with E-state index in [2.05, 4.69) is 11.4 Å². The van der Waals surface area contributed by atoms with Crippen LogP contribution in [-0.2, 0) is 9.53 Å². The Balaban J connectivity index is 1.78. The van der Waals surface area contributed by atoms with E-state index in [4.69, 9.17) is 9.47 Å². The minimum atomic E-state index is -0.723. The summed E-state index contributed by atoms with van der Waals surface area (Å²) < 4.78 is 11.1. The highest BCUT2D eigenvalue weighted by molar-refractivity contribution is 6.01. The van der Waals surface area contributed by atoms with Gasteiger partial charge in [-0.2, -0.15) is 0 Å². The van der Waals surface area contributed by atoms with Crippen LogP contribution in [0, 0.1) is 0 Å². The molecule has 0 aromatic heterocycles. The number of para-hydroxylation sites is 2. The predicted molar refractivity (Wildman–Crippen MR) is 129 cm³/mol. The fraction of sp³-hybridized carbons (Fsp3) is 0.259. The molecule has 0 saturated carbocycles. The van der Waals surface area contributed by atoms with E-state index in [1.807, 2.05) is 60.7 Å². The van der Waals surface area contributed by atoms with Crippen molar-refractivity contribution in [2.24, 2.45) is 0 Å². The zero-order chi connectivity index (χ0) is 23.6. The maximum Gasteiger partial charge on any atom is 0.417 e. The smallest absolute Gasteiger partial charge is 0.417 e. The van der Waals surface area contributed by atoms with Crippen LogP contribution in [0.15, 0.2) is 78.9 Å². The van der Waals surface area contributed by atoms with Crippen LogP contribution in [-0.4, -0.2) is 35.7 Å². The maximum absolute atomic E-state index is 13.0. The van der Waals surface area contributed by atoms with E-state index in [0.29, 0.717) is 5.75 Å². The normalized spacial score (nSPS) is 16.7. The van der Waals surface area contributed by atoms with Crippen LogP contribution in [0.25, 0.3) is 10.8 Å². The summed E-state index contributed by atoms with van der Waals surface area (Å²) in [7, 11) is 1.61. The first-order valence-electron chi connectivity index (χ1n) is 10.9. The fourth-order valence-corrected chi connectivity index (χ4v) is 3.98. The SMILES string of the molecule is COc1ccccc1N[C@@H](c1ccc2ccccc2c1)[C@H]1C=CC(=O)N1C(=O)OC(C)(C)C. The molecular weight excluding hydrogens is 416 g/mol. The summed E-state index contributed by atoms with van der Waals surface area (Å²) in [6.07, 6.45) is 2.50. The molecule has 0 saturated heterocycles. The number of hydrogen-bond donors (Lipinski definition) is 1. The van der Waals surface area contributed by atoms with Gasteiger partial charge < -0.3 is 14.8 Å². The van der Waals surface area contributed by atoms with Gasteiger partial charge in [-0.3, -0.25) is 4.79 Å². The van der Waals surface area contributed by atoms with Crippen LogP contribution in [0.5, 0.6) is 5.75 Å². The van der Waals surface area contributed by atoms with E-state index < -0.39 is 29.7 Å². The van der Waals surface area contributed by atoms with Crippen LogP contribution < -0.4 is 10.1 Å². The van der Waals surface area contributed by atoms with Gasteiger partial charge in [-0.05, 0) is 55.3 Å².